The summed E-state index contributed by atoms with van der Waals surface area (Å²) in [7, 11) is 1.71. The third kappa shape index (κ3) is 6.19. The summed E-state index contributed by atoms with van der Waals surface area (Å²) in [5, 5.41) is 3.57. The van der Waals surface area contributed by atoms with Gasteiger partial charge in [0.1, 0.15) is 5.75 Å². The van der Waals surface area contributed by atoms with E-state index in [2.05, 4.69) is 47.2 Å². The summed E-state index contributed by atoms with van der Waals surface area (Å²) >= 11 is 5.66. The zero-order chi connectivity index (χ0) is 14.1. The number of ether oxygens (including phenoxy) is 1. The van der Waals surface area contributed by atoms with Crippen LogP contribution in [0, 0.1) is 0 Å². The van der Waals surface area contributed by atoms with Gasteiger partial charge in [-0.2, -0.15) is 11.8 Å². The van der Waals surface area contributed by atoms with Crippen LogP contribution in [-0.4, -0.2) is 31.2 Å². The maximum absolute atomic E-state index is 5.30. The number of likely N-dealkylation sites (N-methyl/N-ethyl adjacent to an activating group) is 1. The molecule has 0 radical (unpaired) electrons. The molecule has 1 N–H and O–H groups in total. The minimum absolute atomic E-state index is 0.518. The first-order chi connectivity index (χ1) is 9.21. The van der Waals surface area contributed by atoms with Gasteiger partial charge in [0, 0.05) is 16.3 Å². The van der Waals surface area contributed by atoms with Crippen LogP contribution >= 0.6 is 27.7 Å². The number of rotatable bonds is 9. The Morgan fingerprint density at radius 2 is 2.16 bits per heavy atom. The van der Waals surface area contributed by atoms with Gasteiger partial charge in [-0.15, -0.1) is 0 Å². The second-order valence-electron chi connectivity index (χ2n) is 4.49. The highest BCUT2D eigenvalue weighted by molar-refractivity contribution is 9.10. The summed E-state index contributed by atoms with van der Waals surface area (Å²) in [6.45, 7) is 5.41. The van der Waals surface area contributed by atoms with Crippen LogP contribution in [0.25, 0.3) is 0 Å². The molecule has 1 rings (SSSR count). The lowest BCUT2D eigenvalue weighted by Gasteiger charge is -2.18. The van der Waals surface area contributed by atoms with E-state index in [0.717, 1.165) is 28.9 Å². The van der Waals surface area contributed by atoms with Crippen molar-refractivity contribution in [1.29, 1.82) is 0 Å². The summed E-state index contributed by atoms with van der Waals surface area (Å²) < 4.78 is 6.47. The summed E-state index contributed by atoms with van der Waals surface area (Å²) in [6.07, 6.45) is 2.27. The minimum Gasteiger partial charge on any atom is -0.497 e. The van der Waals surface area contributed by atoms with E-state index in [9.17, 15) is 0 Å². The summed E-state index contributed by atoms with van der Waals surface area (Å²) in [6, 6.07) is 6.70. The molecule has 1 unspecified atom stereocenters. The van der Waals surface area contributed by atoms with Crippen LogP contribution in [-0.2, 0) is 6.42 Å². The van der Waals surface area contributed by atoms with Gasteiger partial charge in [-0.1, -0.05) is 29.8 Å². The Kier molecular flexibility index (Phi) is 8.58. The average Bonchev–Trinajstić information content (AvgIpc) is 2.41. The van der Waals surface area contributed by atoms with E-state index in [1.54, 1.807) is 7.11 Å². The van der Waals surface area contributed by atoms with Crippen molar-refractivity contribution in [1.82, 2.24) is 5.32 Å². The van der Waals surface area contributed by atoms with Gasteiger partial charge in [-0.3, -0.25) is 0 Å². The van der Waals surface area contributed by atoms with E-state index in [4.69, 9.17) is 4.74 Å². The molecule has 0 aliphatic carbocycles. The maximum Gasteiger partial charge on any atom is 0.119 e. The smallest absolute Gasteiger partial charge is 0.119 e. The van der Waals surface area contributed by atoms with Gasteiger partial charge in [0.2, 0.25) is 0 Å². The fourth-order valence-electron chi connectivity index (χ4n) is 1.95. The monoisotopic (exact) mass is 345 g/mol. The van der Waals surface area contributed by atoms with Crippen molar-refractivity contribution in [2.24, 2.45) is 0 Å². The quantitative estimate of drug-likeness (QED) is 0.680. The Balaban J connectivity index is 2.66. The van der Waals surface area contributed by atoms with Crippen LogP contribution in [0.5, 0.6) is 5.75 Å². The highest BCUT2D eigenvalue weighted by atomic mass is 79.9. The lowest BCUT2D eigenvalue weighted by Crippen LogP contribution is -2.33. The molecule has 0 amide bonds. The Morgan fingerprint density at radius 1 is 1.37 bits per heavy atom. The highest BCUT2D eigenvalue weighted by Crippen LogP contribution is 2.24. The number of hydrogen-bond donors (Lipinski definition) is 1. The fourth-order valence-corrected chi connectivity index (χ4v) is 3.33. The van der Waals surface area contributed by atoms with Gasteiger partial charge in [0.15, 0.2) is 0 Å². The van der Waals surface area contributed by atoms with Crippen molar-refractivity contribution in [2.45, 2.75) is 32.7 Å². The summed E-state index contributed by atoms with van der Waals surface area (Å²) in [5.41, 5.74) is 1.31. The van der Waals surface area contributed by atoms with E-state index in [0.29, 0.717) is 6.04 Å². The molecule has 0 aliphatic heterocycles. The number of hydrogen-bond acceptors (Lipinski definition) is 3. The van der Waals surface area contributed by atoms with Gasteiger partial charge >= 0.3 is 0 Å². The van der Waals surface area contributed by atoms with Crippen LogP contribution in [0.4, 0.5) is 0 Å². The van der Waals surface area contributed by atoms with Gasteiger partial charge in [-0.05, 0) is 48.9 Å². The first-order valence-corrected chi connectivity index (χ1v) is 8.79. The SMILES string of the molecule is CCCSCC(Cc1cc(OC)ccc1Br)NCC. The fraction of sp³-hybridized carbons (Fsp3) is 0.600. The molecule has 19 heavy (non-hydrogen) atoms. The summed E-state index contributed by atoms with van der Waals surface area (Å²) in [5.74, 6) is 3.32. The molecule has 1 aromatic carbocycles. The molecule has 1 atom stereocenters. The third-order valence-electron chi connectivity index (χ3n) is 2.88. The van der Waals surface area contributed by atoms with Crippen molar-refractivity contribution >= 4 is 27.7 Å². The van der Waals surface area contributed by atoms with Gasteiger partial charge in [0.05, 0.1) is 7.11 Å². The van der Waals surface area contributed by atoms with E-state index < -0.39 is 0 Å². The Labute approximate surface area is 129 Å². The topological polar surface area (TPSA) is 21.3 Å². The zero-order valence-corrected chi connectivity index (χ0v) is 14.4. The molecule has 0 saturated heterocycles. The van der Waals surface area contributed by atoms with E-state index in [-0.39, 0.29) is 0 Å². The van der Waals surface area contributed by atoms with Crippen LogP contribution in [0.15, 0.2) is 22.7 Å². The first kappa shape index (κ1) is 16.9. The summed E-state index contributed by atoms with van der Waals surface area (Å²) in [4.78, 5) is 0. The Hall–Kier alpha value is -0.190. The molecule has 4 heteroatoms. The lowest BCUT2D eigenvalue weighted by atomic mass is 10.1. The molecular weight excluding hydrogens is 322 g/mol. The molecule has 2 nitrogen and oxygen atoms in total. The van der Waals surface area contributed by atoms with Gasteiger partial charge in [-0.25, -0.2) is 0 Å². The number of nitrogens with one attached hydrogen (secondary N) is 1. The molecular formula is C15H24BrNOS. The number of halogens is 1. The standard InChI is InChI=1S/C15H24BrNOS/c1-4-8-19-11-13(17-5-2)9-12-10-14(18-3)6-7-15(12)16/h6-7,10,13,17H,4-5,8-9,11H2,1-3H3. The van der Waals surface area contributed by atoms with Crippen LogP contribution in [0.3, 0.4) is 0 Å². The Bertz CT molecular complexity index is 373. The molecule has 0 spiro atoms. The second-order valence-corrected chi connectivity index (χ2v) is 6.50. The number of benzene rings is 1. The largest absolute Gasteiger partial charge is 0.497 e. The van der Waals surface area contributed by atoms with Crippen molar-refractivity contribution in [3.05, 3.63) is 28.2 Å². The molecule has 0 fully saturated rings. The third-order valence-corrected chi connectivity index (χ3v) is 4.99. The Morgan fingerprint density at radius 3 is 2.79 bits per heavy atom. The maximum atomic E-state index is 5.30. The van der Waals surface area contributed by atoms with E-state index in [1.807, 2.05) is 17.8 Å². The first-order valence-electron chi connectivity index (χ1n) is 6.84. The molecule has 0 bridgehead atoms. The molecule has 0 saturated carbocycles. The molecule has 108 valence electrons. The van der Waals surface area contributed by atoms with E-state index in [1.165, 1.54) is 17.7 Å². The molecule has 0 aliphatic rings. The van der Waals surface area contributed by atoms with Crippen molar-refractivity contribution < 1.29 is 4.74 Å². The van der Waals surface area contributed by atoms with E-state index >= 15 is 0 Å². The molecule has 1 aromatic rings. The van der Waals surface area contributed by atoms with Crippen molar-refractivity contribution in [2.75, 3.05) is 25.2 Å². The predicted molar refractivity (Wildman–Crippen MR) is 89.5 cm³/mol. The molecule has 0 aromatic heterocycles. The molecule has 0 heterocycles. The average molecular weight is 346 g/mol. The minimum atomic E-state index is 0.518. The predicted octanol–water partition coefficient (Wildman–Crippen LogP) is 4.12. The van der Waals surface area contributed by atoms with Crippen LogP contribution in [0.1, 0.15) is 25.8 Å². The number of thioether (sulfide) groups is 1. The number of methoxy groups -OCH3 is 1. The van der Waals surface area contributed by atoms with Crippen molar-refractivity contribution in [3.8, 4) is 5.75 Å². The normalized spacial score (nSPS) is 12.4. The van der Waals surface area contributed by atoms with Gasteiger partial charge < -0.3 is 10.1 Å². The van der Waals surface area contributed by atoms with Crippen molar-refractivity contribution in [3.63, 3.8) is 0 Å². The van der Waals surface area contributed by atoms with Gasteiger partial charge in [0.25, 0.3) is 0 Å². The second kappa shape index (κ2) is 9.67. The highest BCUT2D eigenvalue weighted by Gasteiger charge is 2.11. The van der Waals surface area contributed by atoms with Crippen LogP contribution < -0.4 is 10.1 Å². The lowest BCUT2D eigenvalue weighted by molar-refractivity contribution is 0.414. The van der Waals surface area contributed by atoms with Crippen LogP contribution in [0.2, 0.25) is 0 Å². The zero-order valence-electron chi connectivity index (χ0n) is 12.0.